The van der Waals surface area contributed by atoms with Crippen molar-refractivity contribution in [2.24, 2.45) is 5.73 Å². The molecule has 1 amide bonds. The van der Waals surface area contributed by atoms with Crippen LogP contribution in [0.1, 0.15) is 5.56 Å². The van der Waals surface area contributed by atoms with Gasteiger partial charge >= 0.3 is 0 Å². The van der Waals surface area contributed by atoms with Gasteiger partial charge in [-0.2, -0.15) is 0 Å². The van der Waals surface area contributed by atoms with E-state index >= 15 is 0 Å². The molecule has 0 atom stereocenters. The number of amides is 1. The number of nitro groups is 1. The maximum Gasteiger partial charge on any atom is 0.272 e. The Morgan fingerprint density at radius 1 is 1.56 bits per heavy atom. The summed E-state index contributed by atoms with van der Waals surface area (Å²) in [5.41, 5.74) is 4.88. The first kappa shape index (κ1) is 12.3. The lowest BCUT2D eigenvalue weighted by Crippen LogP contribution is -2.68. The van der Waals surface area contributed by atoms with Crippen molar-refractivity contribution in [1.29, 1.82) is 0 Å². The van der Waals surface area contributed by atoms with Crippen molar-refractivity contribution in [1.82, 2.24) is 0 Å². The molecule has 0 aromatic heterocycles. The third kappa shape index (κ3) is 1.88. The van der Waals surface area contributed by atoms with E-state index in [9.17, 15) is 20.0 Å². The van der Waals surface area contributed by atoms with Gasteiger partial charge in [0.2, 0.25) is 0 Å². The smallest absolute Gasteiger partial charge is 0.272 e. The standard InChI is InChI=1S/C11H13N3O4/c1-7-4-8(2-3-9(7)14(17)18)13-5-11(16,6-13)10(12)15/h2-4,16H,5-6H2,1H3,(H2,12,15). The highest BCUT2D eigenvalue weighted by Gasteiger charge is 2.46. The summed E-state index contributed by atoms with van der Waals surface area (Å²) in [6, 6.07) is 4.65. The van der Waals surface area contributed by atoms with Crippen molar-refractivity contribution in [2.45, 2.75) is 12.5 Å². The molecular formula is C11H13N3O4. The minimum Gasteiger partial charge on any atom is -0.377 e. The van der Waals surface area contributed by atoms with Gasteiger partial charge in [0, 0.05) is 17.3 Å². The van der Waals surface area contributed by atoms with Gasteiger partial charge in [-0.15, -0.1) is 0 Å². The van der Waals surface area contributed by atoms with Gasteiger partial charge in [-0.1, -0.05) is 0 Å². The van der Waals surface area contributed by atoms with Gasteiger partial charge in [-0.25, -0.2) is 0 Å². The molecule has 0 radical (unpaired) electrons. The van der Waals surface area contributed by atoms with Crippen molar-refractivity contribution in [3.8, 4) is 0 Å². The first-order valence-corrected chi connectivity index (χ1v) is 5.36. The van der Waals surface area contributed by atoms with E-state index in [-0.39, 0.29) is 18.8 Å². The van der Waals surface area contributed by atoms with E-state index in [0.717, 1.165) is 5.69 Å². The Labute approximate surface area is 103 Å². The third-order valence-electron chi connectivity index (χ3n) is 3.11. The highest BCUT2D eigenvalue weighted by Crippen LogP contribution is 2.30. The number of aryl methyl sites for hydroxylation is 1. The first-order chi connectivity index (χ1) is 8.33. The molecular weight excluding hydrogens is 238 g/mol. The predicted molar refractivity (Wildman–Crippen MR) is 64.2 cm³/mol. The van der Waals surface area contributed by atoms with Gasteiger partial charge < -0.3 is 15.7 Å². The van der Waals surface area contributed by atoms with Crippen LogP contribution in [0.3, 0.4) is 0 Å². The molecule has 96 valence electrons. The average molecular weight is 251 g/mol. The molecule has 3 N–H and O–H groups in total. The van der Waals surface area contributed by atoms with Crippen LogP contribution in [0.4, 0.5) is 11.4 Å². The number of benzene rings is 1. The van der Waals surface area contributed by atoms with Crippen LogP contribution in [0.15, 0.2) is 18.2 Å². The first-order valence-electron chi connectivity index (χ1n) is 5.36. The van der Waals surface area contributed by atoms with Gasteiger partial charge in [0.15, 0.2) is 5.60 Å². The fourth-order valence-corrected chi connectivity index (χ4v) is 1.96. The number of aliphatic hydroxyl groups is 1. The van der Waals surface area contributed by atoms with E-state index in [4.69, 9.17) is 5.73 Å². The largest absolute Gasteiger partial charge is 0.377 e. The zero-order valence-corrected chi connectivity index (χ0v) is 9.79. The Balaban J connectivity index is 2.16. The number of anilines is 1. The summed E-state index contributed by atoms with van der Waals surface area (Å²) in [6.45, 7) is 1.86. The van der Waals surface area contributed by atoms with Gasteiger partial charge in [-0.05, 0) is 19.1 Å². The van der Waals surface area contributed by atoms with E-state index in [1.165, 1.54) is 6.07 Å². The quantitative estimate of drug-likeness (QED) is 0.577. The molecule has 2 rings (SSSR count). The molecule has 1 aliphatic heterocycles. The second-order valence-electron chi connectivity index (χ2n) is 4.48. The number of rotatable bonds is 3. The Hall–Kier alpha value is -2.15. The molecule has 18 heavy (non-hydrogen) atoms. The van der Waals surface area contributed by atoms with Gasteiger partial charge in [-0.3, -0.25) is 14.9 Å². The minimum absolute atomic E-state index is 0.0458. The SMILES string of the molecule is Cc1cc(N2CC(O)(C(N)=O)C2)ccc1[N+](=O)[O-]. The lowest BCUT2D eigenvalue weighted by Gasteiger charge is -2.45. The van der Waals surface area contributed by atoms with E-state index < -0.39 is 16.4 Å². The lowest BCUT2D eigenvalue weighted by molar-refractivity contribution is -0.385. The van der Waals surface area contributed by atoms with Crippen LogP contribution < -0.4 is 10.6 Å². The summed E-state index contributed by atoms with van der Waals surface area (Å²) < 4.78 is 0. The fourth-order valence-electron chi connectivity index (χ4n) is 1.96. The van der Waals surface area contributed by atoms with E-state index in [0.29, 0.717) is 5.56 Å². The molecule has 0 bridgehead atoms. The molecule has 1 heterocycles. The van der Waals surface area contributed by atoms with E-state index in [2.05, 4.69) is 0 Å². The summed E-state index contributed by atoms with van der Waals surface area (Å²) in [7, 11) is 0. The Morgan fingerprint density at radius 3 is 2.61 bits per heavy atom. The molecule has 1 aliphatic rings. The molecule has 0 saturated carbocycles. The molecule has 7 heteroatoms. The second-order valence-corrected chi connectivity index (χ2v) is 4.48. The Bertz CT molecular complexity index is 523. The van der Waals surface area contributed by atoms with Crippen LogP contribution in [0, 0.1) is 17.0 Å². The highest BCUT2D eigenvalue weighted by molar-refractivity contribution is 5.87. The molecule has 1 saturated heterocycles. The molecule has 1 aromatic carbocycles. The molecule has 7 nitrogen and oxygen atoms in total. The van der Waals surface area contributed by atoms with Crippen molar-refractivity contribution in [2.75, 3.05) is 18.0 Å². The average Bonchev–Trinajstić information content (AvgIpc) is 2.23. The highest BCUT2D eigenvalue weighted by atomic mass is 16.6. The van der Waals surface area contributed by atoms with Crippen LogP contribution >= 0.6 is 0 Å². The number of carbonyl (C=O) groups is 1. The maximum absolute atomic E-state index is 10.9. The summed E-state index contributed by atoms with van der Waals surface area (Å²) >= 11 is 0. The number of nitrogens with zero attached hydrogens (tertiary/aromatic N) is 2. The summed E-state index contributed by atoms with van der Waals surface area (Å²) in [5.74, 6) is -0.752. The zero-order valence-electron chi connectivity index (χ0n) is 9.79. The number of hydrogen-bond donors (Lipinski definition) is 2. The summed E-state index contributed by atoms with van der Waals surface area (Å²) in [4.78, 5) is 22.9. The van der Waals surface area contributed by atoms with E-state index in [1.54, 1.807) is 24.0 Å². The summed E-state index contributed by atoms with van der Waals surface area (Å²) in [6.07, 6.45) is 0. The number of nitro benzene ring substituents is 1. The molecule has 0 aliphatic carbocycles. The van der Waals surface area contributed by atoms with Crippen LogP contribution in [-0.2, 0) is 4.79 Å². The van der Waals surface area contributed by atoms with Crippen molar-refractivity contribution < 1.29 is 14.8 Å². The van der Waals surface area contributed by atoms with Crippen molar-refractivity contribution >= 4 is 17.3 Å². The Kier molecular flexibility index (Phi) is 2.70. The topological polar surface area (TPSA) is 110 Å². The van der Waals surface area contributed by atoms with Crippen molar-refractivity contribution in [3.63, 3.8) is 0 Å². The fraction of sp³-hybridized carbons (Fsp3) is 0.364. The summed E-state index contributed by atoms with van der Waals surface area (Å²) in [5, 5.41) is 20.4. The Morgan fingerprint density at radius 2 is 2.17 bits per heavy atom. The van der Waals surface area contributed by atoms with Crippen LogP contribution in [0.25, 0.3) is 0 Å². The number of nitrogens with two attached hydrogens (primary N) is 1. The van der Waals surface area contributed by atoms with Crippen LogP contribution in [0.2, 0.25) is 0 Å². The minimum atomic E-state index is -1.49. The third-order valence-corrected chi connectivity index (χ3v) is 3.11. The maximum atomic E-state index is 10.9. The van der Waals surface area contributed by atoms with Crippen molar-refractivity contribution in [3.05, 3.63) is 33.9 Å². The molecule has 0 unspecified atom stereocenters. The molecule has 1 aromatic rings. The number of hydrogen-bond acceptors (Lipinski definition) is 5. The molecule has 0 spiro atoms. The van der Waals surface area contributed by atoms with E-state index in [1.807, 2.05) is 0 Å². The predicted octanol–water partition coefficient (Wildman–Crippen LogP) is -0.0604. The monoisotopic (exact) mass is 251 g/mol. The second kappa shape index (κ2) is 3.95. The normalized spacial score (nSPS) is 17.1. The lowest BCUT2D eigenvalue weighted by atomic mass is 9.92. The van der Waals surface area contributed by atoms with Gasteiger partial charge in [0.25, 0.3) is 11.6 Å². The zero-order chi connectivity index (χ0) is 13.5. The van der Waals surface area contributed by atoms with Crippen LogP contribution in [-0.4, -0.2) is 34.6 Å². The molecule has 1 fully saturated rings. The van der Waals surface area contributed by atoms with Gasteiger partial charge in [0.1, 0.15) is 0 Å². The number of primary amides is 1. The van der Waals surface area contributed by atoms with Gasteiger partial charge in [0.05, 0.1) is 18.0 Å². The number of β-amino-alcohol motifs (C(OH)–C–C–N with tert-alkyl or cyclic N) is 1. The van der Waals surface area contributed by atoms with Crippen LogP contribution in [0.5, 0.6) is 0 Å². The number of carbonyl (C=O) groups excluding carboxylic acids is 1.